The lowest BCUT2D eigenvalue weighted by atomic mass is 9.95. The monoisotopic (exact) mass is 521 g/mol. The summed E-state index contributed by atoms with van der Waals surface area (Å²) < 4.78 is 1.02. The average molecular weight is 521 g/mol. The third-order valence-corrected chi connectivity index (χ3v) is 6.37. The smallest absolute Gasteiger partial charge is 0.257 e. The van der Waals surface area contributed by atoms with E-state index in [-0.39, 0.29) is 23.0 Å². The highest BCUT2D eigenvalue weighted by molar-refractivity contribution is 14.1. The second-order valence-electron chi connectivity index (χ2n) is 7.26. The molecule has 1 aliphatic rings. The van der Waals surface area contributed by atoms with Crippen LogP contribution in [0.3, 0.4) is 0 Å². The Balaban J connectivity index is 1.53. The van der Waals surface area contributed by atoms with Gasteiger partial charge in [-0.15, -0.1) is 0 Å². The minimum Gasteiger partial charge on any atom is -0.349 e. The van der Waals surface area contributed by atoms with Crippen molar-refractivity contribution in [3.05, 3.63) is 62.7 Å². The van der Waals surface area contributed by atoms with Gasteiger partial charge >= 0.3 is 0 Å². The number of rotatable bonds is 4. The molecule has 0 radical (unpaired) electrons. The van der Waals surface area contributed by atoms with Crippen LogP contribution in [0.5, 0.6) is 0 Å². The molecule has 0 saturated heterocycles. The highest BCUT2D eigenvalue weighted by Crippen LogP contribution is 2.18. The quantitative estimate of drug-likeness (QED) is 0.400. The summed E-state index contributed by atoms with van der Waals surface area (Å²) in [5.74, 6) is -0.308. The molecule has 1 fully saturated rings. The fraction of sp³-hybridized carbons (Fsp3) is 0.318. The predicted molar refractivity (Wildman–Crippen MR) is 128 cm³/mol. The summed E-state index contributed by atoms with van der Waals surface area (Å²) in [6.45, 7) is 1.99. The fourth-order valence-electron chi connectivity index (χ4n) is 3.29. The van der Waals surface area contributed by atoms with E-state index in [2.05, 4.69) is 38.5 Å². The summed E-state index contributed by atoms with van der Waals surface area (Å²) >= 11 is 7.44. The topological polar surface area (TPSA) is 70.2 Å². The molecule has 3 N–H and O–H groups in total. The molecule has 0 atom stereocenters. The number of thiocarbonyl (C=S) groups is 1. The molecule has 0 aromatic heterocycles. The van der Waals surface area contributed by atoms with Gasteiger partial charge in [0.25, 0.3) is 11.8 Å². The molecule has 1 aliphatic carbocycles. The first-order valence-electron chi connectivity index (χ1n) is 9.72. The Bertz CT molecular complexity index is 909. The molecule has 2 aromatic carbocycles. The first-order chi connectivity index (χ1) is 13.9. The van der Waals surface area contributed by atoms with Crippen LogP contribution in [0, 0.1) is 10.5 Å². The Morgan fingerprint density at radius 2 is 1.62 bits per heavy atom. The van der Waals surface area contributed by atoms with Crippen LogP contribution in [0.2, 0.25) is 0 Å². The number of hydrogen-bond acceptors (Lipinski definition) is 3. The Morgan fingerprint density at radius 3 is 2.28 bits per heavy atom. The molecule has 2 amide bonds. The molecular weight excluding hydrogens is 497 g/mol. The molecule has 0 spiro atoms. The number of hydrogen-bond donors (Lipinski definition) is 3. The highest BCUT2D eigenvalue weighted by Gasteiger charge is 2.16. The minimum absolute atomic E-state index is 0.0479. The third-order valence-electron chi connectivity index (χ3n) is 5.01. The summed E-state index contributed by atoms with van der Waals surface area (Å²) in [5.41, 5.74) is 3.00. The van der Waals surface area contributed by atoms with E-state index in [0.29, 0.717) is 16.8 Å². The summed E-state index contributed by atoms with van der Waals surface area (Å²) in [7, 11) is 0. The molecule has 1 saturated carbocycles. The molecule has 0 aliphatic heterocycles. The van der Waals surface area contributed by atoms with Crippen molar-refractivity contribution in [3.8, 4) is 0 Å². The zero-order valence-electron chi connectivity index (χ0n) is 16.3. The zero-order valence-corrected chi connectivity index (χ0v) is 19.2. The van der Waals surface area contributed by atoms with Gasteiger partial charge in [0.1, 0.15) is 0 Å². The van der Waals surface area contributed by atoms with E-state index < -0.39 is 0 Å². The van der Waals surface area contributed by atoms with E-state index in [0.717, 1.165) is 22.0 Å². The van der Waals surface area contributed by atoms with Crippen LogP contribution < -0.4 is 16.0 Å². The molecule has 7 heteroatoms. The highest BCUT2D eigenvalue weighted by atomic mass is 127. The van der Waals surface area contributed by atoms with E-state index >= 15 is 0 Å². The lowest BCUT2D eigenvalue weighted by Gasteiger charge is -2.22. The molecule has 2 aromatic rings. The van der Waals surface area contributed by atoms with E-state index in [4.69, 9.17) is 12.2 Å². The van der Waals surface area contributed by atoms with Crippen molar-refractivity contribution in [1.82, 2.24) is 10.6 Å². The Hall–Kier alpha value is -2.00. The van der Waals surface area contributed by atoms with Crippen molar-refractivity contribution in [2.75, 3.05) is 5.32 Å². The standard InChI is InChI=1S/C22H24IN3O2S/c1-14-7-8-16(13-19(14)23)21(28)26-22(29)25-18-11-9-15(10-12-18)20(27)24-17-5-3-2-4-6-17/h7-13,17H,2-6H2,1H3,(H,24,27)(H2,25,26,28,29). The fourth-order valence-corrected chi connectivity index (χ4v) is 4.02. The van der Waals surface area contributed by atoms with Gasteiger partial charge in [0.2, 0.25) is 0 Å². The van der Waals surface area contributed by atoms with E-state index in [1.165, 1.54) is 19.3 Å². The molecule has 29 heavy (non-hydrogen) atoms. The normalized spacial score (nSPS) is 14.1. The molecule has 0 unspecified atom stereocenters. The van der Waals surface area contributed by atoms with Crippen LogP contribution >= 0.6 is 34.8 Å². The summed E-state index contributed by atoms with van der Waals surface area (Å²) in [5, 5.41) is 8.98. The van der Waals surface area contributed by atoms with Gasteiger partial charge in [-0.25, -0.2) is 0 Å². The SMILES string of the molecule is Cc1ccc(C(=O)NC(=S)Nc2ccc(C(=O)NC3CCCCC3)cc2)cc1I. The second-order valence-corrected chi connectivity index (χ2v) is 8.83. The van der Waals surface area contributed by atoms with Crippen LogP contribution in [-0.4, -0.2) is 23.0 Å². The van der Waals surface area contributed by atoms with Gasteiger partial charge in [-0.2, -0.15) is 0 Å². The number of aryl methyl sites for hydroxylation is 1. The van der Waals surface area contributed by atoms with Crippen molar-refractivity contribution in [2.24, 2.45) is 0 Å². The zero-order chi connectivity index (χ0) is 20.8. The maximum absolute atomic E-state index is 12.4. The lowest BCUT2D eigenvalue weighted by Crippen LogP contribution is -2.36. The molecule has 0 heterocycles. The van der Waals surface area contributed by atoms with E-state index in [9.17, 15) is 9.59 Å². The first-order valence-corrected chi connectivity index (χ1v) is 11.2. The van der Waals surface area contributed by atoms with Crippen LogP contribution in [0.25, 0.3) is 0 Å². The van der Waals surface area contributed by atoms with Crippen LogP contribution in [0.4, 0.5) is 5.69 Å². The lowest BCUT2D eigenvalue weighted by molar-refractivity contribution is 0.0926. The van der Waals surface area contributed by atoms with E-state index in [1.54, 1.807) is 30.3 Å². The number of amides is 2. The van der Waals surface area contributed by atoms with Gasteiger partial charge in [0.05, 0.1) is 0 Å². The largest absolute Gasteiger partial charge is 0.349 e. The summed E-state index contributed by atoms with van der Waals surface area (Å²) in [6.07, 6.45) is 5.72. The van der Waals surface area contributed by atoms with Crippen molar-refractivity contribution in [3.63, 3.8) is 0 Å². The van der Waals surface area contributed by atoms with Gasteiger partial charge in [0, 0.05) is 26.4 Å². The predicted octanol–water partition coefficient (Wildman–Crippen LogP) is 4.79. The van der Waals surface area contributed by atoms with Crippen molar-refractivity contribution in [1.29, 1.82) is 0 Å². The van der Waals surface area contributed by atoms with Gasteiger partial charge < -0.3 is 10.6 Å². The molecule has 0 bridgehead atoms. The Labute approximate surface area is 190 Å². The third kappa shape index (κ3) is 6.24. The number of carbonyl (C=O) groups is 2. The second kappa shape index (κ2) is 10.2. The molecule has 3 rings (SSSR count). The average Bonchev–Trinajstić information content (AvgIpc) is 2.71. The summed E-state index contributed by atoms with van der Waals surface area (Å²) in [6, 6.07) is 12.9. The van der Waals surface area contributed by atoms with Gasteiger partial charge in [0.15, 0.2) is 5.11 Å². The van der Waals surface area contributed by atoms with Crippen LogP contribution in [-0.2, 0) is 0 Å². The summed E-state index contributed by atoms with van der Waals surface area (Å²) in [4.78, 5) is 24.7. The molecular formula is C22H24IN3O2S. The minimum atomic E-state index is -0.260. The Morgan fingerprint density at radius 1 is 0.966 bits per heavy atom. The number of anilines is 1. The van der Waals surface area contributed by atoms with Gasteiger partial charge in [-0.3, -0.25) is 14.9 Å². The van der Waals surface area contributed by atoms with Crippen LogP contribution in [0.1, 0.15) is 58.4 Å². The van der Waals surface area contributed by atoms with Crippen molar-refractivity contribution >= 4 is 57.4 Å². The van der Waals surface area contributed by atoms with Crippen LogP contribution in [0.15, 0.2) is 42.5 Å². The maximum Gasteiger partial charge on any atom is 0.257 e. The molecule has 5 nitrogen and oxygen atoms in total. The number of halogens is 1. The van der Waals surface area contributed by atoms with Crippen molar-refractivity contribution in [2.45, 2.75) is 45.1 Å². The Kier molecular flexibility index (Phi) is 7.60. The molecule has 152 valence electrons. The van der Waals surface area contributed by atoms with Gasteiger partial charge in [-0.05, 0) is 96.5 Å². The van der Waals surface area contributed by atoms with Gasteiger partial charge in [-0.1, -0.05) is 25.3 Å². The number of nitrogens with one attached hydrogen (secondary N) is 3. The number of benzene rings is 2. The number of carbonyl (C=O) groups excluding carboxylic acids is 2. The maximum atomic E-state index is 12.4. The first kappa shape index (κ1) is 21.7. The van der Waals surface area contributed by atoms with E-state index in [1.807, 2.05) is 19.1 Å². The van der Waals surface area contributed by atoms with Crippen molar-refractivity contribution < 1.29 is 9.59 Å².